The van der Waals surface area contributed by atoms with Crippen molar-refractivity contribution in [3.05, 3.63) is 35.4 Å². The highest BCUT2D eigenvalue weighted by Gasteiger charge is 2.27. The molecule has 0 saturated heterocycles. The smallest absolute Gasteiger partial charge is 0.367 e. The van der Waals surface area contributed by atoms with Crippen molar-refractivity contribution in [3.63, 3.8) is 0 Å². The predicted octanol–water partition coefficient (Wildman–Crippen LogP) is 4.58. The van der Waals surface area contributed by atoms with Crippen molar-refractivity contribution in [2.45, 2.75) is 39.1 Å². The number of guanidine groups is 1. The van der Waals surface area contributed by atoms with Crippen molar-refractivity contribution < 1.29 is 17.9 Å². The van der Waals surface area contributed by atoms with Crippen molar-refractivity contribution in [3.8, 4) is 0 Å². The fourth-order valence-electron chi connectivity index (χ4n) is 2.19. The summed E-state index contributed by atoms with van der Waals surface area (Å²) in [7, 11) is 0. The maximum atomic E-state index is 12.1. The summed E-state index contributed by atoms with van der Waals surface area (Å²) in [6.45, 7) is 2.78. The first-order chi connectivity index (χ1) is 12.4. The zero-order valence-corrected chi connectivity index (χ0v) is 18.9. The first-order valence-electron chi connectivity index (χ1n) is 8.68. The molecule has 0 heterocycles. The van der Waals surface area contributed by atoms with Gasteiger partial charge in [0.05, 0.1) is 13.2 Å². The maximum absolute atomic E-state index is 12.1. The maximum Gasteiger partial charge on any atom is 0.411 e. The fourth-order valence-corrected chi connectivity index (χ4v) is 2.69. The van der Waals surface area contributed by atoms with Crippen LogP contribution in [0.5, 0.6) is 0 Å². The third-order valence-corrected chi connectivity index (χ3v) is 4.05. The molecule has 2 N–H and O–H groups in total. The molecule has 1 aromatic rings. The van der Waals surface area contributed by atoms with E-state index < -0.39 is 12.8 Å². The van der Waals surface area contributed by atoms with Crippen LogP contribution in [0.15, 0.2) is 29.3 Å². The van der Waals surface area contributed by atoms with Crippen LogP contribution in [0.2, 0.25) is 0 Å². The summed E-state index contributed by atoms with van der Waals surface area (Å²) >= 11 is 1.84. The number of rotatable bonds is 11. The Hall–Kier alpha value is -0.680. The molecule has 0 fully saturated rings. The van der Waals surface area contributed by atoms with Crippen LogP contribution in [0.3, 0.4) is 0 Å². The highest BCUT2D eigenvalue weighted by Crippen LogP contribution is 2.16. The molecule has 0 aliphatic carbocycles. The van der Waals surface area contributed by atoms with Crippen LogP contribution in [0.25, 0.3) is 0 Å². The van der Waals surface area contributed by atoms with Crippen molar-refractivity contribution in [1.82, 2.24) is 10.6 Å². The molecule has 0 saturated carbocycles. The molecule has 0 atom stereocenters. The van der Waals surface area contributed by atoms with Crippen LogP contribution in [-0.4, -0.2) is 43.8 Å². The Morgan fingerprint density at radius 2 is 1.93 bits per heavy atom. The number of nitrogens with one attached hydrogen (secondary N) is 2. The van der Waals surface area contributed by atoms with E-state index >= 15 is 0 Å². The second-order valence-corrected chi connectivity index (χ2v) is 6.74. The second-order valence-electron chi connectivity index (χ2n) is 5.75. The predicted molar refractivity (Wildman–Crippen MR) is 118 cm³/mol. The summed E-state index contributed by atoms with van der Waals surface area (Å²) in [6.07, 6.45) is 0.0379. The summed E-state index contributed by atoms with van der Waals surface area (Å²) in [5.41, 5.74) is 1.63. The monoisotopic (exact) mass is 519 g/mol. The van der Waals surface area contributed by atoms with E-state index in [1.807, 2.05) is 30.8 Å². The zero-order valence-electron chi connectivity index (χ0n) is 15.8. The quantitative estimate of drug-likeness (QED) is 0.195. The number of thioether (sulfide) groups is 1. The highest BCUT2D eigenvalue weighted by atomic mass is 127. The van der Waals surface area contributed by atoms with Gasteiger partial charge in [-0.1, -0.05) is 24.3 Å². The minimum atomic E-state index is -4.30. The Morgan fingerprint density at radius 3 is 2.59 bits per heavy atom. The van der Waals surface area contributed by atoms with Crippen molar-refractivity contribution in [1.29, 1.82) is 0 Å². The lowest BCUT2D eigenvalue weighted by Gasteiger charge is -2.11. The lowest BCUT2D eigenvalue weighted by atomic mass is 10.1. The molecule has 9 heteroatoms. The van der Waals surface area contributed by atoms with E-state index in [0.717, 1.165) is 43.2 Å². The summed E-state index contributed by atoms with van der Waals surface area (Å²) in [4.78, 5) is 4.53. The number of alkyl halides is 3. The Morgan fingerprint density at radius 1 is 1.19 bits per heavy atom. The molecular weight excluding hydrogens is 490 g/mol. The van der Waals surface area contributed by atoms with Crippen molar-refractivity contribution >= 4 is 41.7 Å². The molecule has 27 heavy (non-hydrogen) atoms. The minimum Gasteiger partial charge on any atom is -0.367 e. The van der Waals surface area contributed by atoms with E-state index in [1.54, 1.807) is 12.1 Å². The molecule has 0 radical (unpaired) electrons. The van der Waals surface area contributed by atoms with Gasteiger partial charge in [0.25, 0.3) is 0 Å². The zero-order chi connectivity index (χ0) is 19.3. The van der Waals surface area contributed by atoms with Crippen LogP contribution >= 0.6 is 35.7 Å². The van der Waals surface area contributed by atoms with Crippen LogP contribution < -0.4 is 10.6 Å². The van der Waals surface area contributed by atoms with Gasteiger partial charge in [-0.05, 0) is 42.9 Å². The molecule has 0 unspecified atom stereocenters. The first kappa shape index (κ1) is 26.3. The highest BCUT2D eigenvalue weighted by molar-refractivity contribution is 14.0. The summed E-state index contributed by atoms with van der Waals surface area (Å²) in [5.74, 6) is 1.90. The van der Waals surface area contributed by atoms with E-state index in [4.69, 9.17) is 4.74 Å². The topological polar surface area (TPSA) is 45.7 Å². The molecule has 0 aliphatic heterocycles. The molecule has 0 aromatic heterocycles. The number of hydrogen-bond acceptors (Lipinski definition) is 3. The number of halogens is 4. The van der Waals surface area contributed by atoms with E-state index in [0.29, 0.717) is 12.1 Å². The number of ether oxygens (including phenoxy) is 1. The minimum absolute atomic E-state index is 0. The van der Waals surface area contributed by atoms with Crippen LogP contribution in [-0.2, 0) is 17.9 Å². The Bertz CT molecular complexity index is 545. The van der Waals surface area contributed by atoms with Gasteiger partial charge in [0, 0.05) is 13.1 Å². The molecule has 0 bridgehead atoms. The van der Waals surface area contributed by atoms with Crippen LogP contribution in [0.4, 0.5) is 13.2 Å². The lowest BCUT2D eigenvalue weighted by Crippen LogP contribution is -2.37. The van der Waals surface area contributed by atoms with Gasteiger partial charge >= 0.3 is 6.18 Å². The van der Waals surface area contributed by atoms with Crippen LogP contribution in [0, 0.1) is 0 Å². The first-order valence-corrected chi connectivity index (χ1v) is 10.1. The van der Waals surface area contributed by atoms with E-state index in [2.05, 4.69) is 21.9 Å². The summed E-state index contributed by atoms with van der Waals surface area (Å²) in [5, 5.41) is 6.49. The summed E-state index contributed by atoms with van der Waals surface area (Å²) in [6, 6.07) is 7.28. The van der Waals surface area contributed by atoms with Gasteiger partial charge in [-0.25, -0.2) is 4.99 Å². The Kier molecular flexibility index (Phi) is 14.9. The number of benzene rings is 1. The van der Waals surface area contributed by atoms with Gasteiger partial charge in [0.2, 0.25) is 0 Å². The number of nitrogens with zero attached hydrogens (tertiary/aromatic N) is 1. The molecule has 156 valence electrons. The molecular formula is C18H29F3IN3OS. The van der Waals surface area contributed by atoms with Gasteiger partial charge in [0.1, 0.15) is 6.61 Å². The summed E-state index contributed by atoms with van der Waals surface area (Å²) < 4.78 is 41.1. The largest absolute Gasteiger partial charge is 0.411 e. The molecule has 4 nitrogen and oxygen atoms in total. The molecule has 0 aliphatic rings. The van der Waals surface area contributed by atoms with Gasteiger partial charge in [-0.3, -0.25) is 0 Å². The van der Waals surface area contributed by atoms with Gasteiger partial charge < -0.3 is 15.4 Å². The SMILES string of the molecule is CCNC(=NCc1cccc(COCC(F)(F)F)c1)NCCCCSC.I. The third kappa shape index (κ3) is 14.0. The Labute approximate surface area is 181 Å². The number of unbranched alkanes of at least 4 members (excludes halogenated alkanes) is 1. The molecule has 1 aromatic carbocycles. The molecule has 0 spiro atoms. The second kappa shape index (κ2) is 15.3. The lowest BCUT2D eigenvalue weighted by molar-refractivity contribution is -0.176. The van der Waals surface area contributed by atoms with Gasteiger partial charge in [-0.15, -0.1) is 24.0 Å². The Balaban J connectivity index is 0.00000676. The average molecular weight is 519 g/mol. The van der Waals surface area contributed by atoms with Crippen molar-refractivity contribution in [2.75, 3.05) is 31.7 Å². The van der Waals surface area contributed by atoms with Gasteiger partial charge in [-0.2, -0.15) is 24.9 Å². The van der Waals surface area contributed by atoms with E-state index in [1.165, 1.54) is 0 Å². The van der Waals surface area contributed by atoms with Gasteiger partial charge in [0.15, 0.2) is 5.96 Å². The number of aliphatic imine (C=N–C) groups is 1. The third-order valence-electron chi connectivity index (χ3n) is 3.36. The fraction of sp³-hybridized carbons (Fsp3) is 0.611. The van der Waals surface area contributed by atoms with E-state index in [-0.39, 0.29) is 30.6 Å². The van der Waals surface area contributed by atoms with E-state index in [9.17, 15) is 13.2 Å². The van der Waals surface area contributed by atoms with Crippen molar-refractivity contribution in [2.24, 2.45) is 4.99 Å². The number of hydrogen-bond donors (Lipinski definition) is 2. The molecule has 0 amide bonds. The normalized spacial score (nSPS) is 11.8. The average Bonchev–Trinajstić information content (AvgIpc) is 2.58. The molecule has 1 rings (SSSR count). The standard InChI is InChI=1S/C18H28F3N3OS.HI/c1-3-22-17(23-9-4-5-10-26-2)24-12-15-7-6-8-16(11-15)13-25-14-18(19,20)21;/h6-8,11H,3-5,9-10,12-14H2,1-2H3,(H2,22,23,24);1H. The van der Waals surface area contributed by atoms with Crippen LogP contribution in [0.1, 0.15) is 30.9 Å².